The van der Waals surface area contributed by atoms with E-state index in [0.717, 1.165) is 13.0 Å². The minimum Gasteiger partial charge on any atom is -0.301 e. The summed E-state index contributed by atoms with van der Waals surface area (Å²) in [4.78, 5) is 18.4. The normalized spacial score (nSPS) is 15.3. The van der Waals surface area contributed by atoms with E-state index in [1.807, 2.05) is 13.8 Å². The van der Waals surface area contributed by atoms with Gasteiger partial charge < -0.3 is 4.98 Å². The molecule has 0 aliphatic carbocycles. The molecule has 0 saturated carbocycles. The maximum Gasteiger partial charge on any atom is 0.251 e. The maximum atomic E-state index is 11.4. The number of nitrogens with zero attached hydrogens (tertiary/aromatic N) is 2. The van der Waals surface area contributed by atoms with E-state index >= 15 is 0 Å². The molecule has 1 heterocycles. The van der Waals surface area contributed by atoms with Gasteiger partial charge >= 0.3 is 0 Å². The molecule has 0 saturated heterocycles. The van der Waals surface area contributed by atoms with Gasteiger partial charge in [0.2, 0.25) is 0 Å². The van der Waals surface area contributed by atoms with Gasteiger partial charge in [-0.15, -0.1) is 0 Å². The number of nitrogens with one attached hydrogen (secondary N) is 2. The van der Waals surface area contributed by atoms with E-state index in [-0.39, 0.29) is 10.8 Å². The Morgan fingerprint density at radius 2 is 2.35 bits per heavy atom. The lowest BCUT2D eigenvalue weighted by atomic mass is 9.98. The topological polar surface area (TPSA) is 81.6 Å². The molecule has 2 N–H and O–H groups in total. The number of hydrogen-bond donors (Lipinski definition) is 2. The molecule has 0 aliphatic rings. The molecular weight excluding hydrogens is 272 g/mol. The van der Waals surface area contributed by atoms with Gasteiger partial charge in [0.1, 0.15) is 5.54 Å². The Hall–Kier alpha value is -1.32. The zero-order valence-corrected chi connectivity index (χ0v) is 13.3. The van der Waals surface area contributed by atoms with Gasteiger partial charge in [-0.3, -0.25) is 10.1 Å². The van der Waals surface area contributed by atoms with Crippen LogP contribution in [0.1, 0.15) is 39.3 Å². The third kappa shape index (κ3) is 5.35. The quantitative estimate of drug-likeness (QED) is 0.595. The molecule has 5 nitrogen and oxygen atoms in total. The Bertz CT molecular complexity index is 537. The predicted molar refractivity (Wildman–Crippen MR) is 81.8 cm³/mol. The van der Waals surface area contributed by atoms with Gasteiger partial charge in [0.05, 0.1) is 6.07 Å². The van der Waals surface area contributed by atoms with E-state index in [0.29, 0.717) is 17.3 Å². The average molecular weight is 294 g/mol. The standard InChI is InChI=1S/C14H22N4OS/c1-5-6-16-14(4,9-15)8-11(3)20-13-17-10(2)7-12(19)18-13/h7,11,16H,5-6,8H2,1-4H3,(H,17,18,19). The molecule has 0 spiro atoms. The molecule has 20 heavy (non-hydrogen) atoms. The highest BCUT2D eigenvalue weighted by Crippen LogP contribution is 2.25. The lowest BCUT2D eigenvalue weighted by molar-refractivity contribution is 0.418. The lowest BCUT2D eigenvalue weighted by Gasteiger charge is -2.26. The van der Waals surface area contributed by atoms with Gasteiger partial charge in [-0.2, -0.15) is 5.26 Å². The summed E-state index contributed by atoms with van der Waals surface area (Å²) in [5.41, 5.74) is 0.0157. The van der Waals surface area contributed by atoms with Crippen LogP contribution >= 0.6 is 11.8 Å². The highest BCUT2D eigenvalue weighted by atomic mass is 32.2. The summed E-state index contributed by atoms with van der Waals surface area (Å²) in [5, 5.41) is 13.4. The third-order valence-electron chi connectivity index (χ3n) is 2.87. The molecular formula is C14H22N4OS. The first-order valence-corrected chi connectivity index (χ1v) is 7.67. The van der Waals surface area contributed by atoms with E-state index in [2.05, 4.69) is 28.3 Å². The van der Waals surface area contributed by atoms with E-state index in [9.17, 15) is 10.1 Å². The first-order chi connectivity index (χ1) is 9.38. The number of hydrogen-bond acceptors (Lipinski definition) is 5. The first kappa shape index (κ1) is 16.7. The Labute approximate surface area is 124 Å². The molecule has 1 aromatic heterocycles. The van der Waals surface area contributed by atoms with Crippen molar-refractivity contribution in [3.05, 3.63) is 22.1 Å². The van der Waals surface area contributed by atoms with Crippen LogP contribution < -0.4 is 10.9 Å². The Balaban J connectivity index is 2.68. The average Bonchev–Trinajstić information content (AvgIpc) is 2.35. The smallest absolute Gasteiger partial charge is 0.251 e. The minimum absolute atomic E-state index is 0.139. The second kappa shape index (κ2) is 7.46. The monoisotopic (exact) mass is 294 g/mol. The van der Waals surface area contributed by atoms with Crippen molar-refractivity contribution in [2.75, 3.05) is 6.54 Å². The van der Waals surface area contributed by atoms with E-state index in [1.165, 1.54) is 17.8 Å². The molecule has 0 aromatic carbocycles. The van der Waals surface area contributed by atoms with Crippen molar-refractivity contribution in [3.63, 3.8) is 0 Å². The maximum absolute atomic E-state index is 11.4. The Morgan fingerprint density at radius 1 is 1.65 bits per heavy atom. The fraction of sp³-hybridized carbons (Fsp3) is 0.643. The zero-order chi connectivity index (χ0) is 15.2. The van der Waals surface area contributed by atoms with Gasteiger partial charge in [-0.1, -0.05) is 25.6 Å². The van der Waals surface area contributed by atoms with Crippen molar-refractivity contribution >= 4 is 11.8 Å². The van der Waals surface area contributed by atoms with Crippen molar-refractivity contribution in [2.24, 2.45) is 0 Å². The Kier molecular flexibility index (Phi) is 6.24. The largest absolute Gasteiger partial charge is 0.301 e. The predicted octanol–water partition coefficient (Wildman–Crippen LogP) is 2.23. The van der Waals surface area contributed by atoms with Crippen LogP contribution in [0.15, 0.2) is 16.0 Å². The highest BCUT2D eigenvalue weighted by molar-refractivity contribution is 7.99. The van der Waals surface area contributed by atoms with Crippen molar-refractivity contribution in [1.82, 2.24) is 15.3 Å². The summed E-state index contributed by atoms with van der Waals surface area (Å²) in [6, 6.07) is 3.81. The summed E-state index contributed by atoms with van der Waals surface area (Å²) in [7, 11) is 0. The molecule has 110 valence electrons. The zero-order valence-electron chi connectivity index (χ0n) is 12.5. The molecule has 0 fully saturated rings. The van der Waals surface area contributed by atoms with Gasteiger partial charge in [-0.05, 0) is 33.2 Å². The number of aryl methyl sites for hydroxylation is 1. The molecule has 1 rings (SSSR count). The molecule has 6 heteroatoms. The van der Waals surface area contributed by atoms with Crippen LogP contribution in [-0.2, 0) is 0 Å². The first-order valence-electron chi connectivity index (χ1n) is 6.79. The molecule has 2 unspecified atom stereocenters. The molecule has 0 radical (unpaired) electrons. The summed E-state index contributed by atoms with van der Waals surface area (Å²) >= 11 is 1.49. The van der Waals surface area contributed by atoms with E-state index in [4.69, 9.17) is 0 Å². The van der Waals surface area contributed by atoms with Gasteiger partial charge in [0.25, 0.3) is 5.56 Å². The summed E-state index contributed by atoms with van der Waals surface area (Å²) < 4.78 is 0. The van der Waals surface area contributed by atoms with Crippen molar-refractivity contribution in [2.45, 2.75) is 56.5 Å². The molecule has 1 aromatic rings. The fourth-order valence-electron chi connectivity index (χ4n) is 1.97. The molecule has 2 atom stereocenters. The van der Waals surface area contributed by atoms with Crippen LogP contribution in [0, 0.1) is 18.3 Å². The van der Waals surface area contributed by atoms with Crippen LogP contribution in [0.2, 0.25) is 0 Å². The van der Waals surface area contributed by atoms with E-state index in [1.54, 1.807) is 6.92 Å². The van der Waals surface area contributed by atoms with Crippen LogP contribution in [0.3, 0.4) is 0 Å². The van der Waals surface area contributed by atoms with Gasteiger partial charge in [0.15, 0.2) is 5.16 Å². The number of rotatable bonds is 7. The van der Waals surface area contributed by atoms with Crippen molar-refractivity contribution < 1.29 is 0 Å². The van der Waals surface area contributed by atoms with Gasteiger partial charge in [-0.25, -0.2) is 4.98 Å². The number of nitriles is 1. The summed E-state index contributed by atoms with van der Waals surface area (Å²) in [5.74, 6) is 0. The van der Waals surface area contributed by atoms with Crippen LogP contribution in [-0.4, -0.2) is 27.3 Å². The fourth-order valence-corrected chi connectivity index (χ4v) is 3.13. The minimum atomic E-state index is -0.549. The number of aromatic nitrogens is 2. The Morgan fingerprint density at radius 3 is 2.90 bits per heavy atom. The van der Waals surface area contributed by atoms with Crippen molar-refractivity contribution in [3.8, 4) is 6.07 Å². The van der Waals surface area contributed by atoms with Gasteiger partial charge in [0, 0.05) is 17.0 Å². The molecule has 0 aliphatic heterocycles. The van der Waals surface area contributed by atoms with E-state index < -0.39 is 5.54 Å². The third-order valence-corrected chi connectivity index (χ3v) is 3.85. The summed E-state index contributed by atoms with van der Waals surface area (Å²) in [6.45, 7) is 8.64. The SMILES string of the molecule is CCCNC(C)(C#N)CC(C)Sc1nc(C)cc(=O)[nH]1. The molecule has 0 amide bonds. The van der Waals surface area contributed by atoms with Crippen LogP contribution in [0.4, 0.5) is 0 Å². The van der Waals surface area contributed by atoms with Crippen LogP contribution in [0.25, 0.3) is 0 Å². The highest BCUT2D eigenvalue weighted by Gasteiger charge is 2.26. The lowest BCUT2D eigenvalue weighted by Crippen LogP contribution is -2.43. The summed E-state index contributed by atoms with van der Waals surface area (Å²) in [6.07, 6.45) is 1.68. The second-order valence-electron chi connectivity index (χ2n) is 5.20. The van der Waals surface area contributed by atoms with Crippen molar-refractivity contribution in [1.29, 1.82) is 5.26 Å². The number of aromatic amines is 1. The van der Waals surface area contributed by atoms with Crippen LogP contribution in [0.5, 0.6) is 0 Å². The number of H-pyrrole nitrogens is 1. The second-order valence-corrected chi connectivity index (χ2v) is 6.62. The number of thioether (sulfide) groups is 1. The molecule has 0 bridgehead atoms.